The molecule has 0 spiro atoms. The smallest absolute Gasteiger partial charge is 0.303 e. The van der Waals surface area contributed by atoms with Crippen LogP contribution in [0.4, 0.5) is 0 Å². The highest BCUT2D eigenvalue weighted by molar-refractivity contribution is 5.82. The van der Waals surface area contributed by atoms with Gasteiger partial charge in [0.05, 0.1) is 11.6 Å². The third-order valence-electron chi connectivity index (χ3n) is 3.51. The largest absolute Gasteiger partial charge is 0.457 e. The maximum Gasteiger partial charge on any atom is 0.303 e. The molecular weight excluding hydrogens is 308 g/mol. The second-order valence-electron chi connectivity index (χ2n) is 5.97. The molecule has 0 aromatic carbocycles. The standard InChI is InChI=1S/C18H24N2O4/c1-13(16(24-14(2)21)18(3,4)17(19)22)9-7-5-6-8-10-15-11-20-12-23-15/h5-9,11-12,16H,10H2,1-4H3,(H2,19,22)/b7-5-,8-6+,13-9-/t16-/m1/s1. The van der Waals surface area contributed by atoms with Gasteiger partial charge in [-0.2, -0.15) is 0 Å². The van der Waals surface area contributed by atoms with Gasteiger partial charge in [0.2, 0.25) is 5.91 Å². The van der Waals surface area contributed by atoms with Gasteiger partial charge in [0.25, 0.3) is 0 Å². The Hall–Kier alpha value is -2.63. The predicted molar refractivity (Wildman–Crippen MR) is 90.8 cm³/mol. The molecule has 2 N–H and O–H groups in total. The minimum Gasteiger partial charge on any atom is -0.457 e. The number of carbonyl (C=O) groups is 2. The summed E-state index contributed by atoms with van der Waals surface area (Å²) in [5.41, 5.74) is 5.16. The molecule has 6 heteroatoms. The lowest BCUT2D eigenvalue weighted by Gasteiger charge is -2.31. The van der Waals surface area contributed by atoms with Crippen molar-refractivity contribution in [3.8, 4) is 0 Å². The quantitative estimate of drug-likeness (QED) is 0.583. The minimum absolute atomic E-state index is 0.460. The van der Waals surface area contributed by atoms with Crippen LogP contribution in [-0.2, 0) is 20.7 Å². The lowest BCUT2D eigenvalue weighted by Crippen LogP contribution is -2.44. The van der Waals surface area contributed by atoms with Crippen LogP contribution in [0.2, 0.25) is 0 Å². The fourth-order valence-electron chi connectivity index (χ4n) is 2.07. The maximum atomic E-state index is 11.6. The van der Waals surface area contributed by atoms with Gasteiger partial charge in [-0.15, -0.1) is 0 Å². The Labute approximate surface area is 142 Å². The van der Waals surface area contributed by atoms with Crippen LogP contribution in [-0.4, -0.2) is 23.0 Å². The second-order valence-corrected chi connectivity index (χ2v) is 5.97. The van der Waals surface area contributed by atoms with Crippen LogP contribution in [0.3, 0.4) is 0 Å². The summed E-state index contributed by atoms with van der Waals surface area (Å²) in [6.45, 7) is 6.41. The summed E-state index contributed by atoms with van der Waals surface area (Å²) in [7, 11) is 0. The zero-order valence-electron chi connectivity index (χ0n) is 14.5. The van der Waals surface area contributed by atoms with Gasteiger partial charge in [-0.3, -0.25) is 9.59 Å². The van der Waals surface area contributed by atoms with Gasteiger partial charge < -0.3 is 14.9 Å². The molecule has 0 aliphatic heterocycles. The topological polar surface area (TPSA) is 95.4 Å². The van der Waals surface area contributed by atoms with Crippen molar-refractivity contribution in [1.82, 2.24) is 4.98 Å². The van der Waals surface area contributed by atoms with E-state index in [2.05, 4.69) is 4.98 Å². The van der Waals surface area contributed by atoms with Crippen molar-refractivity contribution in [2.45, 2.75) is 40.2 Å². The lowest BCUT2D eigenvalue weighted by molar-refractivity contribution is -0.153. The number of nitrogens with two attached hydrogens (primary N) is 1. The Kier molecular flexibility index (Phi) is 7.17. The zero-order valence-corrected chi connectivity index (χ0v) is 14.5. The van der Waals surface area contributed by atoms with E-state index < -0.39 is 23.4 Å². The summed E-state index contributed by atoms with van der Waals surface area (Å²) in [6.07, 6.45) is 12.2. The average Bonchev–Trinajstić information content (AvgIpc) is 3.00. The first-order valence-corrected chi connectivity index (χ1v) is 7.59. The number of esters is 1. The molecule has 0 bridgehead atoms. The second kappa shape index (κ2) is 8.86. The van der Waals surface area contributed by atoms with Crippen LogP contribution in [0, 0.1) is 5.41 Å². The van der Waals surface area contributed by atoms with E-state index in [0.29, 0.717) is 6.42 Å². The zero-order chi connectivity index (χ0) is 18.2. The van der Waals surface area contributed by atoms with E-state index in [4.69, 9.17) is 14.9 Å². The fraction of sp³-hybridized carbons (Fsp3) is 0.389. The highest BCUT2D eigenvalue weighted by Gasteiger charge is 2.38. The molecule has 6 nitrogen and oxygen atoms in total. The van der Waals surface area contributed by atoms with E-state index in [1.807, 2.05) is 18.2 Å². The summed E-state index contributed by atoms with van der Waals surface area (Å²) < 4.78 is 10.4. The number of nitrogens with zero attached hydrogens (tertiary/aromatic N) is 1. The van der Waals surface area contributed by atoms with Crippen molar-refractivity contribution in [3.05, 3.63) is 54.3 Å². The van der Waals surface area contributed by atoms with Crippen molar-refractivity contribution >= 4 is 11.9 Å². The first-order chi connectivity index (χ1) is 11.2. The van der Waals surface area contributed by atoms with Gasteiger partial charge in [0.1, 0.15) is 11.9 Å². The summed E-state index contributed by atoms with van der Waals surface area (Å²) in [4.78, 5) is 26.8. The molecule has 24 heavy (non-hydrogen) atoms. The Morgan fingerprint density at radius 2 is 2.04 bits per heavy atom. The van der Waals surface area contributed by atoms with Crippen LogP contribution in [0.25, 0.3) is 0 Å². The van der Waals surface area contributed by atoms with E-state index in [9.17, 15) is 9.59 Å². The highest BCUT2D eigenvalue weighted by atomic mass is 16.5. The average molecular weight is 332 g/mol. The molecule has 1 aromatic heterocycles. The number of hydrogen-bond donors (Lipinski definition) is 1. The van der Waals surface area contributed by atoms with Crippen LogP contribution >= 0.6 is 0 Å². The number of aromatic nitrogens is 1. The Morgan fingerprint density at radius 1 is 1.33 bits per heavy atom. The fourth-order valence-corrected chi connectivity index (χ4v) is 2.07. The Balaban J connectivity index is 2.74. The Bertz CT molecular complexity index is 640. The number of allylic oxidation sites excluding steroid dienone is 5. The number of rotatable bonds is 8. The van der Waals surface area contributed by atoms with E-state index in [1.165, 1.54) is 13.3 Å². The van der Waals surface area contributed by atoms with Gasteiger partial charge in [-0.05, 0) is 26.3 Å². The Morgan fingerprint density at radius 3 is 2.58 bits per heavy atom. The number of carbonyl (C=O) groups excluding carboxylic acids is 2. The number of ether oxygens (including phenoxy) is 1. The van der Waals surface area contributed by atoms with Crippen LogP contribution in [0.15, 0.2) is 53.0 Å². The van der Waals surface area contributed by atoms with Crippen LogP contribution in [0.1, 0.15) is 33.5 Å². The summed E-state index contributed by atoms with van der Waals surface area (Å²) in [5.74, 6) is -0.208. The minimum atomic E-state index is -0.998. The molecule has 0 radical (unpaired) electrons. The molecule has 0 saturated carbocycles. The predicted octanol–water partition coefficient (Wildman–Crippen LogP) is 2.72. The third-order valence-corrected chi connectivity index (χ3v) is 3.51. The maximum absolute atomic E-state index is 11.6. The van der Waals surface area contributed by atoms with Gasteiger partial charge in [-0.25, -0.2) is 4.98 Å². The molecule has 0 unspecified atom stereocenters. The van der Waals surface area contributed by atoms with Crippen LogP contribution in [0.5, 0.6) is 0 Å². The monoisotopic (exact) mass is 332 g/mol. The van der Waals surface area contributed by atoms with Crippen molar-refractivity contribution in [2.24, 2.45) is 11.1 Å². The molecule has 1 aromatic rings. The summed E-state index contributed by atoms with van der Waals surface area (Å²) in [6, 6.07) is 0. The molecule has 1 amide bonds. The van der Waals surface area contributed by atoms with Gasteiger partial charge in [0.15, 0.2) is 6.39 Å². The highest BCUT2D eigenvalue weighted by Crippen LogP contribution is 2.28. The van der Waals surface area contributed by atoms with Crippen molar-refractivity contribution in [3.63, 3.8) is 0 Å². The van der Waals surface area contributed by atoms with Crippen molar-refractivity contribution < 1.29 is 18.7 Å². The molecule has 1 heterocycles. The van der Waals surface area contributed by atoms with E-state index in [1.54, 1.807) is 39.1 Å². The SMILES string of the molecule is CC(=O)O[C@H](\C(C)=C/C=C\C=C\Cc1cnco1)C(C)(C)C(N)=O. The van der Waals surface area contributed by atoms with E-state index in [-0.39, 0.29) is 0 Å². The molecule has 1 rings (SSSR count). The van der Waals surface area contributed by atoms with Crippen molar-refractivity contribution in [1.29, 1.82) is 0 Å². The third kappa shape index (κ3) is 5.87. The van der Waals surface area contributed by atoms with Gasteiger partial charge >= 0.3 is 5.97 Å². The first-order valence-electron chi connectivity index (χ1n) is 7.59. The molecule has 0 aliphatic carbocycles. The van der Waals surface area contributed by atoms with Gasteiger partial charge in [-0.1, -0.05) is 30.4 Å². The van der Waals surface area contributed by atoms with Gasteiger partial charge in [0, 0.05) is 13.3 Å². The molecular formula is C18H24N2O4. The molecule has 130 valence electrons. The lowest BCUT2D eigenvalue weighted by atomic mass is 9.82. The van der Waals surface area contributed by atoms with Crippen molar-refractivity contribution in [2.75, 3.05) is 0 Å². The summed E-state index contributed by atoms with van der Waals surface area (Å²) >= 11 is 0. The molecule has 1 atom stereocenters. The molecule has 0 aliphatic rings. The number of oxazole rings is 1. The normalized spacial score (nSPS) is 14.2. The van der Waals surface area contributed by atoms with Crippen LogP contribution < -0.4 is 5.73 Å². The number of primary amides is 1. The first kappa shape index (κ1) is 19.4. The number of hydrogen-bond acceptors (Lipinski definition) is 5. The number of amides is 1. The van der Waals surface area contributed by atoms with E-state index in [0.717, 1.165) is 11.3 Å². The molecule has 0 fully saturated rings. The molecule has 0 saturated heterocycles. The van der Waals surface area contributed by atoms with E-state index >= 15 is 0 Å². The summed E-state index contributed by atoms with van der Waals surface area (Å²) in [5, 5.41) is 0.